The van der Waals surface area contributed by atoms with Gasteiger partial charge < -0.3 is 10.2 Å². The van der Waals surface area contributed by atoms with E-state index in [9.17, 15) is 0 Å². The summed E-state index contributed by atoms with van der Waals surface area (Å²) < 4.78 is 0. The van der Waals surface area contributed by atoms with Crippen LogP contribution in [0.2, 0.25) is 0 Å². The van der Waals surface area contributed by atoms with Crippen molar-refractivity contribution in [2.45, 2.75) is 11.3 Å². The van der Waals surface area contributed by atoms with Crippen LogP contribution < -0.4 is 5.32 Å². The van der Waals surface area contributed by atoms with Crippen molar-refractivity contribution in [3.8, 4) is 0 Å². The van der Waals surface area contributed by atoms with Crippen molar-refractivity contribution in [1.82, 2.24) is 4.90 Å². The molecule has 2 aromatic rings. The predicted octanol–water partition coefficient (Wildman–Crippen LogP) is 5.37. The van der Waals surface area contributed by atoms with E-state index in [0.29, 0.717) is 0 Å². The third-order valence-corrected chi connectivity index (χ3v) is 4.63. The molecule has 0 saturated carbocycles. The number of hydrogen-bond acceptors (Lipinski definition) is 3. The molecular formula is C21H26N2S. The fourth-order valence-corrected chi connectivity index (χ4v) is 3.18. The topological polar surface area (TPSA) is 15.3 Å². The summed E-state index contributed by atoms with van der Waals surface area (Å²) in [4.78, 5) is 3.49. The van der Waals surface area contributed by atoms with Crippen LogP contribution in [-0.2, 0) is 0 Å². The van der Waals surface area contributed by atoms with Gasteiger partial charge >= 0.3 is 0 Å². The Kier molecular flexibility index (Phi) is 7.66. The average molecular weight is 339 g/mol. The Morgan fingerprint density at radius 1 is 1.08 bits per heavy atom. The Morgan fingerprint density at radius 2 is 1.79 bits per heavy atom. The summed E-state index contributed by atoms with van der Waals surface area (Å²) in [5.41, 5.74) is 3.18. The zero-order chi connectivity index (χ0) is 17.2. The molecule has 0 aliphatic heterocycles. The number of allylic oxidation sites excluding steroid dienone is 1. The van der Waals surface area contributed by atoms with Gasteiger partial charge in [-0.15, -0.1) is 11.8 Å². The number of nitrogens with zero attached hydrogens (tertiary/aromatic N) is 1. The van der Waals surface area contributed by atoms with E-state index in [1.165, 1.54) is 16.9 Å². The summed E-state index contributed by atoms with van der Waals surface area (Å²) in [6.45, 7) is 5.23. The lowest BCUT2D eigenvalue weighted by Crippen LogP contribution is -2.13. The van der Waals surface area contributed by atoms with Gasteiger partial charge in [0.15, 0.2) is 0 Å². The second-order valence-corrected chi connectivity index (χ2v) is 7.03. The standard InChI is InChI=1S/C21H26N2S/c1-18(14-15-19-10-5-4-6-11-19)22-20-12-7-8-13-21(20)24-17-9-16-23(2)3/h4-8,10-15,22H,1,9,16-17H2,2-3H3/b15-14+. The summed E-state index contributed by atoms with van der Waals surface area (Å²) >= 11 is 1.89. The molecule has 2 nitrogen and oxygen atoms in total. The normalized spacial score (nSPS) is 11.1. The SMILES string of the molecule is C=C(/C=C/c1ccccc1)Nc1ccccc1SCCCN(C)C. The predicted molar refractivity (Wildman–Crippen MR) is 109 cm³/mol. The van der Waals surface area contributed by atoms with Crippen LogP contribution in [-0.4, -0.2) is 31.3 Å². The summed E-state index contributed by atoms with van der Waals surface area (Å²) in [6.07, 6.45) is 5.27. The number of para-hydroxylation sites is 1. The van der Waals surface area contributed by atoms with Gasteiger partial charge in [0.1, 0.15) is 0 Å². The van der Waals surface area contributed by atoms with Gasteiger partial charge in [-0.25, -0.2) is 0 Å². The quantitative estimate of drug-likeness (QED) is 0.376. The lowest BCUT2D eigenvalue weighted by atomic mass is 10.2. The van der Waals surface area contributed by atoms with Crippen molar-refractivity contribution < 1.29 is 0 Å². The lowest BCUT2D eigenvalue weighted by molar-refractivity contribution is 0.410. The van der Waals surface area contributed by atoms with Crippen molar-refractivity contribution in [2.24, 2.45) is 0 Å². The number of hydrogen-bond donors (Lipinski definition) is 1. The first-order chi connectivity index (χ1) is 11.6. The zero-order valence-corrected chi connectivity index (χ0v) is 15.4. The third kappa shape index (κ3) is 6.65. The van der Waals surface area contributed by atoms with Gasteiger partial charge in [0.05, 0.1) is 5.69 Å². The van der Waals surface area contributed by atoms with Gasteiger partial charge in [-0.3, -0.25) is 0 Å². The van der Waals surface area contributed by atoms with Crippen LogP contribution in [0.4, 0.5) is 5.69 Å². The molecule has 0 aromatic heterocycles. The van der Waals surface area contributed by atoms with E-state index >= 15 is 0 Å². The van der Waals surface area contributed by atoms with Gasteiger partial charge in [-0.2, -0.15) is 0 Å². The van der Waals surface area contributed by atoms with Crippen LogP contribution >= 0.6 is 11.8 Å². The molecule has 0 saturated heterocycles. The molecule has 0 spiro atoms. The molecule has 0 aliphatic rings. The van der Waals surface area contributed by atoms with Crippen LogP contribution in [0.1, 0.15) is 12.0 Å². The van der Waals surface area contributed by atoms with E-state index < -0.39 is 0 Å². The average Bonchev–Trinajstić information content (AvgIpc) is 2.59. The third-order valence-electron chi connectivity index (χ3n) is 3.47. The maximum Gasteiger partial charge on any atom is 0.0522 e. The van der Waals surface area contributed by atoms with E-state index in [-0.39, 0.29) is 0 Å². The van der Waals surface area contributed by atoms with Crippen LogP contribution in [0.5, 0.6) is 0 Å². The highest BCUT2D eigenvalue weighted by atomic mass is 32.2. The van der Waals surface area contributed by atoms with E-state index in [2.05, 4.69) is 73.4 Å². The van der Waals surface area contributed by atoms with E-state index in [1.54, 1.807) is 0 Å². The fraction of sp³-hybridized carbons (Fsp3) is 0.238. The molecule has 0 aliphatic carbocycles. The molecule has 24 heavy (non-hydrogen) atoms. The van der Waals surface area contributed by atoms with Crippen molar-refractivity contribution in [2.75, 3.05) is 31.7 Å². The zero-order valence-electron chi connectivity index (χ0n) is 14.5. The minimum Gasteiger partial charge on any atom is -0.355 e. The van der Waals surface area contributed by atoms with E-state index in [1.807, 2.05) is 36.0 Å². The molecule has 2 rings (SSSR count). The van der Waals surface area contributed by atoms with Gasteiger partial charge in [0.25, 0.3) is 0 Å². The van der Waals surface area contributed by atoms with Crippen molar-refractivity contribution in [3.05, 3.63) is 78.5 Å². The Labute approximate surface area is 150 Å². The molecule has 1 N–H and O–H groups in total. The second-order valence-electron chi connectivity index (χ2n) is 5.90. The Balaban J connectivity index is 1.91. The largest absolute Gasteiger partial charge is 0.355 e. The molecule has 126 valence electrons. The fourth-order valence-electron chi connectivity index (χ4n) is 2.23. The summed E-state index contributed by atoms with van der Waals surface area (Å²) in [5.74, 6) is 1.11. The summed E-state index contributed by atoms with van der Waals surface area (Å²) in [6, 6.07) is 18.7. The molecule has 0 amide bonds. The Morgan fingerprint density at radius 3 is 2.54 bits per heavy atom. The molecule has 0 unspecified atom stereocenters. The molecule has 2 aromatic carbocycles. The molecular weight excluding hydrogens is 312 g/mol. The number of nitrogens with one attached hydrogen (secondary N) is 1. The lowest BCUT2D eigenvalue weighted by Gasteiger charge is -2.13. The maximum atomic E-state index is 4.11. The minimum atomic E-state index is 0.889. The molecule has 0 atom stereocenters. The molecule has 3 heteroatoms. The van der Waals surface area contributed by atoms with Gasteiger partial charge in [0, 0.05) is 10.6 Å². The summed E-state index contributed by atoms with van der Waals surface area (Å²) in [5, 5.41) is 3.42. The Hall–Kier alpha value is -1.97. The van der Waals surface area contributed by atoms with Gasteiger partial charge in [-0.05, 0) is 56.6 Å². The summed E-state index contributed by atoms with van der Waals surface area (Å²) in [7, 11) is 4.23. The number of rotatable bonds is 9. The molecule has 0 bridgehead atoms. The van der Waals surface area contributed by atoms with E-state index in [4.69, 9.17) is 0 Å². The maximum absolute atomic E-state index is 4.11. The van der Waals surface area contributed by atoms with Crippen LogP contribution in [0.25, 0.3) is 6.08 Å². The highest BCUT2D eigenvalue weighted by molar-refractivity contribution is 7.99. The van der Waals surface area contributed by atoms with Crippen molar-refractivity contribution in [3.63, 3.8) is 0 Å². The number of benzene rings is 2. The minimum absolute atomic E-state index is 0.889. The number of anilines is 1. The highest BCUT2D eigenvalue weighted by Crippen LogP contribution is 2.28. The van der Waals surface area contributed by atoms with Gasteiger partial charge in [-0.1, -0.05) is 55.1 Å². The van der Waals surface area contributed by atoms with E-state index in [0.717, 1.165) is 23.7 Å². The van der Waals surface area contributed by atoms with Gasteiger partial charge in [0.2, 0.25) is 0 Å². The first-order valence-corrected chi connectivity index (χ1v) is 9.19. The second kappa shape index (κ2) is 10.0. The van der Waals surface area contributed by atoms with Crippen LogP contribution in [0.15, 0.2) is 77.8 Å². The highest BCUT2D eigenvalue weighted by Gasteiger charge is 2.03. The molecule has 0 radical (unpaired) electrons. The van der Waals surface area contributed by atoms with Crippen molar-refractivity contribution in [1.29, 1.82) is 0 Å². The van der Waals surface area contributed by atoms with Crippen molar-refractivity contribution >= 4 is 23.5 Å². The van der Waals surface area contributed by atoms with Crippen LogP contribution in [0, 0.1) is 0 Å². The smallest absolute Gasteiger partial charge is 0.0522 e. The first kappa shape index (κ1) is 18.4. The monoisotopic (exact) mass is 338 g/mol. The molecule has 0 fully saturated rings. The first-order valence-electron chi connectivity index (χ1n) is 8.21. The Bertz CT molecular complexity index is 663. The number of thioether (sulfide) groups is 1. The molecule has 0 heterocycles. The van der Waals surface area contributed by atoms with Crippen LogP contribution in [0.3, 0.4) is 0 Å².